The summed E-state index contributed by atoms with van der Waals surface area (Å²) in [6, 6.07) is 3.60. The molecule has 1 aliphatic heterocycles. The van der Waals surface area contributed by atoms with Gasteiger partial charge in [-0.05, 0) is 25.0 Å². The lowest BCUT2D eigenvalue weighted by atomic mass is 9.96. The first kappa shape index (κ1) is 19.2. The lowest BCUT2D eigenvalue weighted by molar-refractivity contribution is -0.385. The number of amides is 2. The molecule has 0 saturated carbocycles. The van der Waals surface area contributed by atoms with Crippen molar-refractivity contribution >= 4 is 23.5 Å². The predicted octanol–water partition coefficient (Wildman–Crippen LogP) is 0.484. The van der Waals surface area contributed by atoms with Crippen molar-refractivity contribution in [3.05, 3.63) is 33.9 Å². The number of methoxy groups -OCH3 is 1. The first-order valence-electron chi connectivity index (χ1n) is 7.90. The standard InChI is InChI=1S/C16H19N3O7/c1-25-16(22)11-2-3-13(12(8-11)19(23)24)26-9-14(20)18-6-4-10(5-7-18)15(17)21/h2-3,8,10H,4-7,9H2,1H3,(H2,17,21). The molecule has 0 radical (unpaired) electrons. The molecule has 1 aromatic carbocycles. The number of rotatable bonds is 6. The van der Waals surface area contributed by atoms with E-state index < -0.39 is 16.6 Å². The summed E-state index contributed by atoms with van der Waals surface area (Å²) in [4.78, 5) is 46.8. The van der Waals surface area contributed by atoms with E-state index in [0.29, 0.717) is 25.9 Å². The van der Waals surface area contributed by atoms with Crippen LogP contribution in [-0.2, 0) is 14.3 Å². The van der Waals surface area contributed by atoms with Crippen LogP contribution in [0.2, 0.25) is 0 Å². The number of benzene rings is 1. The minimum Gasteiger partial charge on any atom is -0.477 e. The summed E-state index contributed by atoms with van der Waals surface area (Å²) in [6.45, 7) is 0.359. The van der Waals surface area contributed by atoms with E-state index in [9.17, 15) is 24.5 Å². The number of carbonyl (C=O) groups is 3. The molecule has 0 unspecified atom stereocenters. The maximum Gasteiger partial charge on any atom is 0.338 e. The molecule has 0 atom stereocenters. The highest BCUT2D eigenvalue weighted by molar-refractivity contribution is 5.90. The third-order valence-electron chi connectivity index (χ3n) is 4.18. The van der Waals surface area contributed by atoms with E-state index in [-0.39, 0.29) is 35.7 Å². The smallest absolute Gasteiger partial charge is 0.338 e. The lowest BCUT2D eigenvalue weighted by Gasteiger charge is -2.30. The van der Waals surface area contributed by atoms with Gasteiger partial charge in [0.15, 0.2) is 12.4 Å². The van der Waals surface area contributed by atoms with Crippen LogP contribution in [0, 0.1) is 16.0 Å². The van der Waals surface area contributed by atoms with Crippen LogP contribution in [0.1, 0.15) is 23.2 Å². The van der Waals surface area contributed by atoms with E-state index in [1.165, 1.54) is 24.1 Å². The number of hydrogen-bond donors (Lipinski definition) is 1. The van der Waals surface area contributed by atoms with Gasteiger partial charge in [-0.15, -0.1) is 0 Å². The third kappa shape index (κ3) is 4.47. The Morgan fingerprint density at radius 2 is 1.96 bits per heavy atom. The Hall–Kier alpha value is -3.17. The number of piperidine rings is 1. The molecule has 1 fully saturated rings. The lowest BCUT2D eigenvalue weighted by Crippen LogP contribution is -2.43. The zero-order valence-corrected chi connectivity index (χ0v) is 14.2. The van der Waals surface area contributed by atoms with E-state index in [1.807, 2.05) is 0 Å². The molecule has 1 aliphatic rings. The van der Waals surface area contributed by atoms with E-state index in [1.54, 1.807) is 0 Å². The molecule has 1 heterocycles. The molecule has 1 saturated heterocycles. The van der Waals surface area contributed by atoms with E-state index in [4.69, 9.17) is 10.5 Å². The number of esters is 1. The monoisotopic (exact) mass is 365 g/mol. The van der Waals surface area contributed by atoms with Crippen LogP contribution in [0.15, 0.2) is 18.2 Å². The minimum absolute atomic E-state index is 0.00593. The van der Waals surface area contributed by atoms with Crippen molar-refractivity contribution in [1.29, 1.82) is 0 Å². The third-order valence-corrected chi connectivity index (χ3v) is 4.18. The zero-order valence-electron chi connectivity index (χ0n) is 14.2. The molecule has 2 N–H and O–H groups in total. The molecule has 0 aliphatic carbocycles. The van der Waals surface area contributed by atoms with Gasteiger partial charge in [0.25, 0.3) is 5.91 Å². The summed E-state index contributed by atoms with van der Waals surface area (Å²) in [5.74, 6) is -1.81. The van der Waals surface area contributed by atoms with E-state index in [0.717, 1.165) is 6.07 Å². The number of nitrogens with two attached hydrogens (primary N) is 1. The quantitative estimate of drug-likeness (QED) is 0.439. The molecule has 140 valence electrons. The number of nitro benzene ring substituents is 1. The number of hydrogen-bond acceptors (Lipinski definition) is 7. The van der Waals surface area contributed by atoms with Crippen LogP contribution in [-0.4, -0.2) is 54.4 Å². The number of primary amides is 1. The maximum absolute atomic E-state index is 12.2. The molecule has 10 heteroatoms. The molecule has 0 bridgehead atoms. The van der Waals surface area contributed by atoms with Crippen LogP contribution in [0.25, 0.3) is 0 Å². The molecular formula is C16H19N3O7. The van der Waals surface area contributed by atoms with Crippen LogP contribution in [0.4, 0.5) is 5.69 Å². The van der Waals surface area contributed by atoms with Gasteiger partial charge in [-0.1, -0.05) is 0 Å². The van der Waals surface area contributed by atoms with Gasteiger partial charge < -0.3 is 20.1 Å². The van der Waals surface area contributed by atoms with Gasteiger partial charge in [0.2, 0.25) is 5.91 Å². The Morgan fingerprint density at radius 1 is 1.31 bits per heavy atom. The first-order valence-corrected chi connectivity index (χ1v) is 7.90. The molecular weight excluding hydrogens is 346 g/mol. The Morgan fingerprint density at radius 3 is 2.50 bits per heavy atom. The van der Waals surface area contributed by atoms with Crippen molar-refractivity contribution in [2.24, 2.45) is 11.7 Å². The van der Waals surface area contributed by atoms with Crippen molar-refractivity contribution in [2.45, 2.75) is 12.8 Å². The van der Waals surface area contributed by atoms with Crippen molar-refractivity contribution < 1.29 is 28.8 Å². The summed E-state index contributed by atoms with van der Waals surface area (Å²) < 4.78 is 9.80. The predicted molar refractivity (Wildman–Crippen MR) is 88.4 cm³/mol. The highest BCUT2D eigenvalue weighted by Gasteiger charge is 2.27. The second-order valence-corrected chi connectivity index (χ2v) is 5.78. The Balaban J connectivity index is 2.00. The largest absolute Gasteiger partial charge is 0.477 e. The fourth-order valence-electron chi connectivity index (χ4n) is 2.67. The summed E-state index contributed by atoms with van der Waals surface area (Å²) in [5, 5.41) is 11.2. The van der Waals surface area contributed by atoms with Crippen molar-refractivity contribution in [1.82, 2.24) is 4.90 Å². The SMILES string of the molecule is COC(=O)c1ccc(OCC(=O)N2CCC(C(N)=O)CC2)c([N+](=O)[O-])c1. The minimum atomic E-state index is -0.715. The average Bonchev–Trinajstić information content (AvgIpc) is 2.65. The highest BCUT2D eigenvalue weighted by Crippen LogP contribution is 2.28. The Bertz CT molecular complexity index is 727. The van der Waals surface area contributed by atoms with Crippen LogP contribution < -0.4 is 10.5 Å². The van der Waals surface area contributed by atoms with Gasteiger partial charge in [0.05, 0.1) is 17.6 Å². The van der Waals surface area contributed by atoms with Crippen LogP contribution in [0.3, 0.4) is 0 Å². The summed E-state index contributed by atoms with van der Waals surface area (Å²) in [5.41, 5.74) is 4.82. The Labute approximate surface area is 149 Å². The second-order valence-electron chi connectivity index (χ2n) is 5.78. The summed E-state index contributed by atoms with van der Waals surface area (Å²) in [6.07, 6.45) is 0.962. The summed E-state index contributed by atoms with van der Waals surface area (Å²) >= 11 is 0. The number of nitro groups is 1. The number of ether oxygens (including phenoxy) is 2. The number of likely N-dealkylation sites (tertiary alicyclic amines) is 1. The topological polar surface area (TPSA) is 142 Å². The summed E-state index contributed by atoms with van der Waals surface area (Å²) in [7, 11) is 1.17. The van der Waals surface area contributed by atoms with E-state index in [2.05, 4.69) is 4.74 Å². The molecule has 0 spiro atoms. The van der Waals surface area contributed by atoms with Crippen LogP contribution >= 0.6 is 0 Å². The van der Waals surface area contributed by atoms with E-state index >= 15 is 0 Å². The Kier molecular flexibility index (Phi) is 6.10. The van der Waals surface area contributed by atoms with Gasteiger partial charge in [-0.2, -0.15) is 0 Å². The van der Waals surface area contributed by atoms with Gasteiger partial charge in [0, 0.05) is 25.1 Å². The fourth-order valence-corrected chi connectivity index (χ4v) is 2.67. The second kappa shape index (κ2) is 8.28. The molecule has 2 rings (SSSR count). The van der Waals surface area contributed by atoms with Gasteiger partial charge >= 0.3 is 11.7 Å². The van der Waals surface area contributed by atoms with Gasteiger partial charge in [-0.25, -0.2) is 4.79 Å². The van der Waals surface area contributed by atoms with Crippen molar-refractivity contribution in [3.63, 3.8) is 0 Å². The van der Waals surface area contributed by atoms with Crippen LogP contribution in [0.5, 0.6) is 5.75 Å². The van der Waals surface area contributed by atoms with Gasteiger partial charge in [-0.3, -0.25) is 19.7 Å². The molecule has 10 nitrogen and oxygen atoms in total. The highest BCUT2D eigenvalue weighted by atomic mass is 16.6. The fraction of sp³-hybridized carbons (Fsp3) is 0.438. The average molecular weight is 365 g/mol. The number of carbonyl (C=O) groups excluding carboxylic acids is 3. The van der Waals surface area contributed by atoms with Gasteiger partial charge in [0.1, 0.15) is 0 Å². The molecule has 26 heavy (non-hydrogen) atoms. The molecule has 2 amide bonds. The normalized spacial score (nSPS) is 14.6. The first-order chi connectivity index (χ1) is 12.3. The molecule has 1 aromatic rings. The van der Waals surface area contributed by atoms with Crippen molar-refractivity contribution in [3.8, 4) is 5.75 Å². The zero-order chi connectivity index (χ0) is 19.3. The van der Waals surface area contributed by atoms with Crippen molar-refractivity contribution in [2.75, 3.05) is 26.8 Å². The number of nitrogens with zero attached hydrogens (tertiary/aromatic N) is 2. The molecule has 0 aromatic heterocycles. The maximum atomic E-state index is 12.2.